The molecule has 0 spiro atoms. The van der Waals surface area contributed by atoms with E-state index in [1.54, 1.807) is 6.92 Å². The Labute approximate surface area is 237 Å². The summed E-state index contributed by atoms with van der Waals surface area (Å²) in [7, 11) is 0. The van der Waals surface area contributed by atoms with E-state index >= 15 is 0 Å². The van der Waals surface area contributed by atoms with Gasteiger partial charge in [0.1, 0.15) is 12.4 Å². The standard InChI is InChI=1S/C32H30N2O7/c1-20(39-18-21-9-3-2-4-10-21)29(31(36)37)34-30(35)28-16-15-22(41-28)17-33-32(38)40-19-27-25-13-7-5-11-23(25)24-12-6-8-14-26(24)27/h2-16,20,27,29H,17-19H2,1H3,(H,33,38)(H,34,35)(H,36,37)/t20-,29+/m1/s1. The molecule has 3 aromatic carbocycles. The predicted molar refractivity (Wildman–Crippen MR) is 150 cm³/mol. The number of rotatable bonds is 11. The maximum absolute atomic E-state index is 12.7. The number of alkyl carbamates (subject to hydrolysis) is 1. The van der Waals surface area contributed by atoms with Gasteiger partial charge < -0.3 is 29.6 Å². The van der Waals surface area contributed by atoms with Crippen molar-refractivity contribution in [2.45, 2.75) is 38.1 Å². The van der Waals surface area contributed by atoms with Gasteiger partial charge in [0, 0.05) is 5.92 Å². The van der Waals surface area contributed by atoms with Crippen molar-refractivity contribution in [2.75, 3.05) is 6.61 Å². The summed E-state index contributed by atoms with van der Waals surface area (Å²) in [5.41, 5.74) is 5.39. The third-order valence-corrected chi connectivity index (χ3v) is 7.01. The molecular weight excluding hydrogens is 524 g/mol. The van der Waals surface area contributed by atoms with Gasteiger partial charge in [-0.15, -0.1) is 0 Å². The number of furan rings is 1. The third-order valence-electron chi connectivity index (χ3n) is 7.01. The van der Waals surface area contributed by atoms with Gasteiger partial charge in [0.15, 0.2) is 11.8 Å². The molecule has 41 heavy (non-hydrogen) atoms. The second-order valence-electron chi connectivity index (χ2n) is 9.74. The minimum absolute atomic E-state index is 0.0110. The van der Waals surface area contributed by atoms with Gasteiger partial charge in [0.25, 0.3) is 5.91 Å². The molecule has 0 bridgehead atoms. The summed E-state index contributed by atoms with van der Waals surface area (Å²) >= 11 is 0. The SMILES string of the molecule is C[C@@H](OCc1ccccc1)[C@H](NC(=O)c1ccc(CNC(=O)OCC2c3ccccc3-c3ccccc32)o1)C(=O)O. The summed E-state index contributed by atoms with van der Waals surface area (Å²) in [4.78, 5) is 37.0. The number of hydrogen-bond acceptors (Lipinski definition) is 6. The fraction of sp³-hybridized carbons (Fsp3) is 0.219. The second-order valence-corrected chi connectivity index (χ2v) is 9.74. The fourth-order valence-electron chi connectivity index (χ4n) is 4.89. The lowest BCUT2D eigenvalue weighted by atomic mass is 9.98. The first-order valence-corrected chi connectivity index (χ1v) is 13.3. The van der Waals surface area contributed by atoms with Crippen LogP contribution in [0.2, 0.25) is 0 Å². The minimum atomic E-state index is -1.29. The molecule has 1 aliphatic carbocycles. The number of hydrogen-bond donors (Lipinski definition) is 3. The highest BCUT2D eigenvalue weighted by Crippen LogP contribution is 2.44. The highest BCUT2D eigenvalue weighted by Gasteiger charge is 2.30. The molecule has 0 unspecified atom stereocenters. The number of ether oxygens (including phenoxy) is 2. The summed E-state index contributed by atoms with van der Waals surface area (Å²) in [6.07, 6.45) is -1.43. The Kier molecular flexibility index (Phi) is 8.45. The van der Waals surface area contributed by atoms with Crippen molar-refractivity contribution in [3.05, 3.63) is 119 Å². The number of carbonyl (C=O) groups is 3. The number of aliphatic carboxylic acids is 1. The van der Waals surface area contributed by atoms with Gasteiger partial charge in [-0.2, -0.15) is 0 Å². The predicted octanol–water partition coefficient (Wildman–Crippen LogP) is 5.11. The Morgan fingerprint density at radius 3 is 2.17 bits per heavy atom. The van der Waals surface area contributed by atoms with Gasteiger partial charge in [0.05, 0.1) is 19.3 Å². The molecule has 2 atom stereocenters. The highest BCUT2D eigenvalue weighted by molar-refractivity contribution is 5.94. The van der Waals surface area contributed by atoms with Crippen LogP contribution in [0.5, 0.6) is 0 Å². The molecular formula is C32H30N2O7. The summed E-state index contributed by atoms with van der Waals surface area (Å²) < 4.78 is 16.7. The first-order chi connectivity index (χ1) is 19.9. The van der Waals surface area contributed by atoms with E-state index in [0.717, 1.165) is 27.8 Å². The summed E-state index contributed by atoms with van der Waals surface area (Å²) in [6, 6.07) is 27.1. The first kappa shape index (κ1) is 27.7. The molecule has 9 nitrogen and oxygen atoms in total. The molecule has 0 aliphatic heterocycles. The van der Waals surface area contributed by atoms with Gasteiger partial charge in [-0.3, -0.25) is 4.79 Å². The number of carboxylic acid groups (broad SMARTS) is 1. The Bertz CT molecular complexity index is 1490. The first-order valence-electron chi connectivity index (χ1n) is 13.3. The van der Waals surface area contributed by atoms with Gasteiger partial charge in [-0.05, 0) is 46.9 Å². The lowest BCUT2D eigenvalue weighted by Gasteiger charge is -2.21. The molecule has 0 fully saturated rings. The van der Waals surface area contributed by atoms with Gasteiger partial charge in [0.2, 0.25) is 0 Å². The molecule has 1 aliphatic rings. The zero-order valence-corrected chi connectivity index (χ0v) is 22.4. The topological polar surface area (TPSA) is 127 Å². The second kappa shape index (κ2) is 12.5. The van der Waals surface area contributed by atoms with Crippen LogP contribution in [0.25, 0.3) is 11.1 Å². The molecule has 0 radical (unpaired) electrons. The number of benzene rings is 3. The smallest absolute Gasteiger partial charge is 0.407 e. The Hall–Kier alpha value is -4.89. The fourth-order valence-corrected chi connectivity index (χ4v) is 4.89. The van der Waals surface area contributed by atoms with E-state index in [4.69, 9.17) is 13.9 Å². The summed E-state index contributed by atoms with van der Waals surface area (Å²) in [5.74, 6) is -1.78. The largest absolute Gasteiger partial charge is 0.480 e. The zero-order chi connectivity index (χ0) is 28.8. The van der Waals surface area contributed by atoms with Crippen molar-refractivity contribution >= 4 is 18.0 Å². The molecule has 210 valence electrons. The number of carbonyl (C=O) groups excluding carboxylic acids is 2. The number of fused-ring (bicyclic) bond motifs is 3. The Balaban J connectivity index is 1.11. The summed E-state index contributed by atoms with van der Waals surface area (Å²) in [6.45, 7) is 1.94. The maximum Gasteiger partial charge on any atom is 0.407 e. The molecule has 0 saturated heterocycles. The normalized spacial score (nSPS) is 13.5. The van der Waals surface area contributed by atoms with E-state index in [2.05, 4.69) is 22.8 Å². The lowest BCUT2D eigenvalue weighted by molar-refractivity contribution is -0.143. The number of nitrogens with one attached hydrogen (secondary N) is 2. The van der Waals surface area contributed by atoms with E-state index < -0.39 is 30.1 Å². The van der Waals surface area contributed by atoms with Crippen LogP contribution >= 0.6 is 0 Å². The van der Waals surface area contributed by atoms with Crippen LogP contribution in [-0.2, 0) is 27.4 Å². The van der Waals surface area contributed by atoms with Crippen LogP contribution in [0.15, 0.2) is 95.4 Å². The molecule has 0 saturated carbocycles. The van der Waals surface area contributed by atoms with Crippen molar-refractivity contribution in [3.8, 4) is 11.1 Å². The van der Waals surface area contributed by atoms with Gasteiger partial charge in [-0.1, -0.05) is 78.9 Å². The average molecular weight is 555 g/mol. The number of amides is 2. The number of carboxylic acids is 1. The summed E-state index contributed by atoms with van der Waals surface area (Å²) in [5, 5.41) is 14.7. The van der Waals surface area contributed by atoms with Crippen LogP contribution in [0, 0.1) is 0 Å². The molecule has 1 aromatic heterocycles. The Morgan fingerprint density at radius 2 is 1.51 bits per heavy atom. The maximum atomic E-state index is 12.7. The van der Waals surface area contributed by atoms with E-state index in [-0.39, 0.29) is 31.4 Å². The lowest BCUT2D eigenvalue weighted by Crippen LogP contribution is -2.48. The molecule has 9 heteroatoms. The van der Waals surface area contributed by atoms with Gasteiger partial charge in [-0.25, -0.2) is 9.59 Å². The van der Waals surface area contributed by atoms with Crippen molar-refractivity contribution in [2.24, 2.45) is 0 Å². The van der Waals surface area contributed by atoms with Crippen LogP contribution in [-0.4, -0.2) is 41.8 Å². The highest BCUT2D eigenvalue weighted by atomic mass is 16.5. The average Bonchev–Trinajstić information content (AvgIpc) is 3.60. The monoisotopic (exact) mass is 554 g/mol. The molecule has 2 amide bonds. The molecule has 3 N–H and O–H groups in total. The molecule has 1 heterocycles. The van der Waals surface area contributed by atoms with Crippen molar-refractivity contribution in [3.63, 3.8) is 0 Å². The van der Waals surface area contributed by atoms with E-state index in [1.807, 2.05) is 66.7 Å². The Morgan fingerprint density at radius 1 is 0.878 bits per heavy atom. The molecule has 4 aromatic rings. The van der Waals surface area contributed by atoms with Crippen LogP contribution in [0.4, 0.5) is 4.79 Å². The molecule has 5 rings (SSSR count). The van der Waals surface area contributed by atoms with E-state index in [1.165, 1.54) is 12.1 Å². The van der Waals surface area contributed by atoms with Gasteiger partial charge >= 0.3 is 12.1 Å². The van der Waals surface area contributed by atoms with Crippen LogP contribution in [0.1, 0.15) is 45.8 Å². The van der Waals surface area contributed by atoms with Crippen molar-refractivity contribution in [1.82, 2.24) is 10.6 Å². The minimum Gasteiger partial charge on any atom is -0.480 e. The van der Waals surface area contributed by atoms with Crippen molar-refractivity contribution < 1.29 is 33.4 Å². The quantitative estimate of drug-likeness (QED) is 0.235. The van der Waals surface area contributed by atoms with Crippen LogP contribution < -0.4 is 10.6 Å². The zero-order valence-electron chi connectivity index (χ0n) is 22.4. The van der Waals surface area contributed by atoms with Crippen molar-refractivity contribution in [1.29, 1.82) is 0 Å². The van der Waals surface area contributed by atoms with E-state index in [9.17, 15) is 19.5 Å². The van der Waals surface area contributed by atoms with Crippen LogP contribution in [0.3, 0.4) is 0 Å². The third kappa shape index (κ3) is 6.47. The van der Waals surface area contributed by atoms with E-state index in [0.29, 0.717) is 5.76 Å².